The van der Waals surface area contributed by atoms with E-state index in [9.17, 15) is 9.59 Å². The molecule has 0 fully saturated rings. The van der Waals surface area contributed by atoms with Crippen LogP contribution in [0.4, 0.5) is 0 Å². The molecule has 9 heteroatoms. The lowest BCUT2D eigenvalue weighted by atomic mass is 10.2. The van der Waals surface area contributed by atoms with E-state index in [4.69, 9.17) is 11.6 Å². The summed E-state index contributed by atoms with van der Waals surface area (Å²) in [6.45, 7) is 0.373. The number of para-hydroxylation sites is 1. The Bertz CT molecular complexity index is 1220. The Hall–Kier alpha value is -3.10. The van der Waals surface area contributed by atoms with E-state index in [1.54, 1.807) is 12.1 Å². The first-order valence-electron chi connectivity index (χ1n) is 8.77. The summed E-state index contributed by atoms with van der Waals surface area (Å²) in [5.74, 6) is -0.0620. The summed E-state index contributed by atoms with van der Waals surface area (Å²) in [4.78, 5) is 29.7. The number of hydrogen-bond acceptors (Lipinski definition) is 5. The molecule has 4 rings (SSSR count). The van der Waals surface area contributed by atoms with E-state index in [2.05, 4.69) is 20.5 Å². The molecule has 0 atom stereocenters. The fraction of sp³-hybridized carbons (Fsp3) is 0.100. The summed E-state index contributed by atoms with van der Waals surface area (Å²) in [6, 6.07) is 16.5. The standard InChI is InChI=1S/C20H16ClN5O2S/c21-14-6-4-5-13(9-14)10-22-17(27)12-29-20-24-18-16(11-23-25-18)19(28)26(20)15-7-2-1-3-8-15/h1-9,11H,10,12H2,(H,22,27)(H,23,25). The van der Waals surface area contributed by atoms with Crippen LogP contribution < -0.4 is 10.9 Å². The van der Waals surface area contributed by atoms with Crippen molar-refractivity contribution >= 4 is 40.3 Å². The van der Waals surface area contributed by atoms with Crippen molar-refractivity contribution in [2.24, 2.45) is 0 Å². The smallest absolute Gasteiger partial charge is 0.269 e. The Balaban J connectivity index is 1.54. The number of thioether (sulfide) groups is 1. The number of halogens is 1. The lowest BCUT2D eigenvalue weighted by molar-refractivity contribution is -0.118. The van der Waals surface area contributed by atoms with Crippen LogP contribution in [0.5, 0.6) is 0 Å². The Morgan fingerprint density at radius 3 is 2.79 bits per heavy atom. The average molecular weight is 426 g/mol. The van der Waals surface area contributed by atoms with Crippen LogP contribution in [0.3, 0.4) is 0 Å². The highest BCUT2D eigenvalue weighted by molar-refractivity contribution is 7.99. The van der Waals surface area contributed by atoms with Gasteiger partial charge in [-0.25, -0.2) is 4.98 Å². The second-order valence-corrected chi connectivity index (χ2v) is 7.58. The molecular formula is C20H16ClN5O2S. The van der Waals surface area contributed by atoms with Gasteiger partial charge in [0.2, 0.25) is 5.91 Å². The fourth-order valence-electron chi connectivity index (χ4n) is 2.80. The second kappa shape index (κ2) is 8.50. The number of aromatic amines is 1. The van der Waals surface area contributed by atoms with Gasteiger partial charge in [0.1, 0.15) is 5.39 Å². The predicted octanol–water partition coefficient (Wildman–Crippen LogP) is 3.17. The van der Waals surface area contributed by atoms with E-state index in [0.29, 0.717) is 33.4 Å². The Kier molecular flexibility index (Phi) is 5.64. The van der Waals surface area contributed by atoms with Crippen LogP contribution in [0.25, 0.3) is 16.7 Å². The fourth-order valence-corrected chi connectivity index (χ4v) is 3.85. The second-order valence-electron chi connectivity index (χ2n) is 6.20. The van der Waals surface area contributed by atoms with Gasteiger partial charge in [-0.05, 0) is 29.8 Å². The largest absolute Gasteiger partial charge is 0.351 e. The summed E-state index contributed by atoms with van der Waals surface area (Å²) >= 11 is 7.15. The average Bonchev–Trinajstić information content (AvgIpc) is 3.20. The van der Waals surface area contributed by atoms with Gasteiger partial charge in [0.15, 0.2) is 10.8 Å². The Morgan fingerprint density at radius 1 is 1.17 bits per heavy atom. The zero-order valence-corrected chi connectivity index (χ0v) is 16.7. The molecule has 0 aliphatic rings. The lowest BCUT2D eigenvalue weighted by Gasteiger charge is -2.12. The highest BCUT2D eigenvalue weighted by Gasteiger charge is 2.15. The van der Waals surface area contributed by atoms with Crippen molar-refractivity contribution in [1.29, 1.82) is 0 Å². The van der Waals surface area contributed by atoms with Gasteiger partial charge in [-0.15, -0.1) is 0 Å². The molecular weight excluding hydrogens is 410 g/mol. The number of nitrogens with one attached hydrogen (secondary N) is 2. The minimum absolute atomic E-state index is 0.111. The summed E-state index contributed by atoms with van der Waals surface area (Å²) in [5, 5.41) is 10.9. The number of nitrogens with zero attached hydrogens (tertiary/aromatic N) is 3. The summed E-state index contributed by atoms with van der Waals surface area (Å²) in [6.07, 6.45) is 1.45. The maximum Gasteiger partial charge on any atom is 0.269 e. The molecule has 146 valence electrons. The molecule has 0 saturated carbocycles. The van der Waals surface area contributed by atoms with Gasteiger partial charge in [-0.2, -0.15) is 5.10 Å². The molecule has 0 bridgehead atoms. The molecule has 1 amide bonds. The van der Waals surface area contributed by atoms with Gasteiger partial charge in [0, 0.05) is 11.6 Å². The summed E-state index contributed by atoms with van der Waals surface area (Å²) in [5.41, 5.74) is 1.74. The molecule has 0 aliphatic heterocycles. The SMILES string of the molecule is O=C(CSc1nc2[nH]ncc2c(=O)n1-c1ccccc1)NCc1cccc(Cl)c1. The Labute approximate surface area is 175 Å². The monoisotopic (exact) mass is 425 g/mol. The quantitative estimate of drug-likeness (QED) is 0.365. The summed E-state index contributed by atoms with van der Waals surface area (Å²) < 4.78 is 1.49. The molecule has 2 aromatic carbocycles. The molecule has 2 N–H and O–H groups in total. The van der Waals surface area contributed by atoms with Gasteiger partial charge >= 0.3 is 0 Å². The van der Waals surface area contributed by atoms with Crippen LogP contribution in [-0.2, 0) is 11.3 Å². The van der Waals surface area contributed by atoms with E-state index < -0.39 is 0 Å². The van der Waals surface area contributed by atoms with E-state index in [1.807, 2.05) is 42.5 Å². The molecule has 0 radical (unpaired) electrons. The van der Waals surface area contributed by atoms with Crippen molar-refractivity contribution in [2.45, 2.75) is 11.7 Å². The van der Waals surface area contributed by atoms with Crippen molar-refractivity contribution in [2.75, 3.05) is 5.75 Å². The van der Waals surface area contributed by atoms with Gasteiger partial charge < -0.3 is 5.32 Å². The zero-order chi connectivity index (χ0) is 20.2. The van der Waals surface area contributed by atoms with Gasteiger partial charge in [0.05, 0.1) is 17.6 Å². The molecule has 29 heavy (non-hydrogen) atoms. The molecule has 4 aromatic rings. The van der Waals surface area contributed by atoms with E-state index in [-0.39, 0.29) is 17.2 Å². The third kappa shape index (κ3) is 4.33. The third-order valence-electron chi connectivity index (χ3n) is 4.18. The van der Waals surface area contributed by atoms with Crippen LogP contribution in [0.1, 0.15) is 5.56 Å². The molecule has 0 saturated heterocycles. The molecule has 7 nitrogen and oxygen atoms in total. The van der Waals surface area contributed by atoms with E-state index in [0.717, 1.165) is 5.56 Å². The predicted molar refractivity (Wildman–Crippen MR) is 114 cm³/mol. The first-order valence-corrected chi connectivity index (χ1v) is 10.1. The molecule has 2 aromatic heterocycles. The first-order chi connectivity index (χ1) is 14.1. The number of fused-ring (bicyclic) bond motifs is 1. The molecule has 0 aliphatic carbocycles. The number of rotatable bonds is 6. The minimum Gasteiger partial charge on any atom is -0.351 e. The van der Waals surface area contributed by atoms with Crippen LogP contribution in [0.2, 0.25) is 5.02 Å². The zero-order valence-electron chi connectivity index (χ0n) is 15.1. The van der Waals surface area contributed by atoms with Crippen molar-refractivity contribution in [3.8, 4) is 5.69 Å². The van der Waals surface area contributed by atoms with Gasteiger partial charge in [-0.1, -0.05) is 53.7 Å². The van der Waals surface area contributed by atoms with Crippen molar-refractivity contribution < 1.29 is 4.79 Å². The number of carbonyl (C=O) groups excluding carboxylic acids is 1. The van der Waals surface area contributed by atoms with Crippen LogP contribution in [0.15, 0.2) is 70.7 Å². The van der Waals surface area contributed by atoms with Crippen molar-refractivity contribution in [3.63, 3.8) is 0 Å². The number of carbonyl (C=O) groups is 1. The maximum absolute atomic E-state index is 12.9. The first kappa shape index (κ1) is 19.2. The molecule has 2 heterocycles. The number of amides is 1. The van der Waals surface area contributed by atoms with Crippen molar-refractivity contribution in [1.82, 2.24) is 25.1 Å². The van der Waals surface area contributed by atoms with Crippen LogP contribution in [0, 0.1) is 0 Å². The minimum atomic E-state index is -0.239. The summed E-state index contributed by atoms with van der Waals surface area (Å²) in [7, 11) is 0. The van der Waals surface area contributed by atoms with Crippen molar-refractivity contribution in [3.05, 3.63) is 81.7 Å². The highest BCUT2D eigenvalue weighted by atomic mass is 35.5. The molecule has 0 unspecified atom stereocenters. The Morgan fingerprint density at radius 2 is 2.00 bits per heavy atom. The number of aromatic nitrogens is 4. The molecule has 0 spiro atoms. The van der Waals surface area contributed by atoms with Gasteiger partial charge in [0.25, 0.3) is 5.56 Å². The van der Waals surface area contributed by atoms with E-state index >= 15 is 0 Å². The normalized spacial score (nSPS) is 10.9. The highest BCUT2D eigenvalue weighted by Crippen LogP contribution is 2.20. The number of benzene rings is 2. The third-order valence-corrected chi connectivity index (χ3v) is 5.35. The maximum atomic E-state index is 12.9. The topological polar surface area (TPSA) is 92.7 Å². The number of hydrogen-bond donors (Lipinski definition) is 2. The number of H-pyrrole nitrogens is 1. The van der Waals surface area contributed by atoms with Crippen LogP contribution >= 0.6 is 23.4 Å². The van der Waals surface area contributed by atoms with Crippen LogP contribution in [-0.4, -0.2) is 31.4 Å². The van der Waals surface area contributed by atoms with Gasteiger partial charge in [-0.3, -0.25) is 19.3 Å². The lowest BCUT2D eigenvalue weighted by Crippen LogP contribution is -2.26. The van der Waals surface area contributed by atoms with E-state index in [1.165, 1.54) is 22.5 Å².